The average molecular weight is 326 g/mol. The molecule has 0 saturated carbocycles. The molecule has 0 unspecified atom stereocenters. The monoisotopic (exact) mass is 325 g/mol. The number of nitrogens with zero attached hydrogens (tertiary/aromatic N) is 1. The van der Waals surface area contributed by atoms with Gasteiger partial charge < -0.3 is 15.8 Å². The maximum atomic E-state index is 10.8. The quantitative estimate of drug-likeness (QED) is 0.630. The number of hydrogen-bond acceptors (Lipinski definition) is 3. The molecule has 7 heteroatoms. The highest BCUT2D eigenvalue weighted by atomic mass is 35.5. The smallest absolute Gasteiger partial charge is 0.335 e. The number of rotatable bonds is 2. The second-order valence-corrected chi connectivity index (χ2v) is 4.24. The molecule has 0 saturated heterocycles. The molecule has 3 rings (SSSR count). The second kappa shape index (κ2) is 6.47. The molecule has 1 aromatic heterocycles. The summed E-state index contributed by atoms with van der Waals surface area (Å²) in [6.07, 6.45) is 0. The number of halogens is 2. The summed E-state index contributed by atoms with van der Waals surface area (Å²) in [5, 5.41) is 8.85. The van der Waals surface area contributed by atoms with E-state index in [4.69, 9.17) is 10.8 Å². The first kappa shape index (κ1) is 16.8. The third-order valence-electron chi connectivity index (χ3n) is 2.91. The normalized spacial score (nSPS) is 9.71. The molecule has 0 aliphatic rings. The number of nitrogens with one attached hydrogen (secondary N) is 1. The van der Waals surface area contributed by atoms with Crippen LogP contribution in [0.1, 0.15) is 10.4 Å². The lowest BCUT2D eigenvalue weighted by molar-refractivity contribution is 0.0697. The third kappa shape index (κ3) is 3.26. The number of benzene rings is 2. The van der Waals surface area contributed by atoms with Gasteiger partial charge in [0, 0.05) is 11.3 Å². The molecule has 0 radical (unpaired) electrons. The summed E-state index contributed by atoms with van der Waals surface area (Å²) >= 11 is 0. The van der Waals surface area contributed by atoms with Crippen LogP contribution in [0.5, 0.6) is 0 Å². The summed E-state index contributed by atoms with van der Waals surface area (Å²) < 4.78 is 0. The molecule has 4 N–H and O–H groups in total. The van der Waals surface area contributed by atoms with Crippen LogP contribution in [0.15, 0.2) is 42.5 Å². The van der Waals surface area contributed by atoms with Gasteiger partial charge in [0.1, 0.15) is 5.82 Å². The number of carboxylic acids is 1. The topological polar surface area (TPSA) is 92.0 Å². The fraction of sp³-hybridized carbons (Fsp3) is 0. The van der Waals surface area contributed by atoms with Crippen LogP contribution in [0.4, 0.5) is 5.69 Å². The standard InChI is InChI=1S/C14H11N3O2.2ClH/c15-10-5-6-11-12(7-10)17-13(16-11)8-1-3-9(4-2-8)14(18)19;;/h1-7H,15H2,(H,16,17)(H,18,19);2*1H. The lowest BCUT2D eigenvalue weighted by atomic mass is 10.1. The summed E-state index contributed by atoms with van der Waals surface area (Å²) in [5.41, 5.74) is 9.15. The van der Waals surface area contributed by atoms with Gasteiger partial charge >= 0.3 is 5.97 Å². The number of H-pyrrole nitrogens is 1. The molecular weight excluding hydrogens is 313 g/mol. The number of carboxylic acid groups (broad SMARTS) is 1. The number of fused-ring (bicyclic) bond motifs is 1. The Balaban J connectivity index is 0.00000110. The van der Waals surface area contributed by atoms with Gasteiger partial charge in [-0.3, -0.25) is 0 Å². The van der Waals surface area contributed by atoms with E-state index in [-0.39, 0.29) is 30.4 Å². The van der Waals surface area contributed by atoms with Crippen LogP contribution in [0, 0.1) is 0 Å². The van der Waals surface area contributed by atoms with Crippen molar-refractivity contribution in [1.29, 1.82) is 0 Å². The Morgan fingerprint density at radius 1 is 1.10 bits per heavy atom. The van der Waals surface area contributed by atoms with Crippen LogP contribution in [-0.4, -0.2) is 21.0 Å². The SMILES string of the molecule is Cl.Cl.Nc1ccc2nc(-c3ccc(C(=O)O)cc3)[nH]c2c1. The third-order valence-corrected chi connectivity index (χ3v) is 2.91. The molecule has 0 amide bonds. The van der Waals surface area contributed by atoms with Crippen LogP contribution in [0.3, 0.4) is 0 Å². The number of aromatic nitrogens is 2. The molecule has 110 valence electrons. The van der Waals surface area contributed by atoms with Crippen LogP contribution >= 0.6 is 24.8 Å². The summed E-state index contributed by atoms with van der Waals surface area (Å²) in [6, 6.07) is 12.0. The van der Waals surface area contributed by atoms with E-state index in [1.54, 1.807) is 30.3 Å². The minimum absolute atomic E-state index is 0. The van der Waals surface area contributed by atoms with Crippen molar-refractivity contribution in [3.63, 3.8) is 0 Å². The highest BCUT2D eigenvalue weighted by Gasteiger charge is 2.07. The Morgan fingerprint density at radius 2 is 1.76 bits per heavy atom. The molecule has 0 atom stereocenters. The number of aromatic carboxylic acids is 1. The zero-order chi connectivity index (χ0) is 13.4. The number of hydrogen-bond donors (Lipinski definition) is 3. The fourth-order valence-electron chi connectivity index (χ4n) is 1.93. The zero-order valence-electron chi connectivity index (χ0n) is 10.7. The molecule has 1 heterocycles. The van der Waals surface area contributed by atoms with Crippen molar-refractivity contribution in [3.05, 3.63) is 48.0 Å². The second-order valence-electron chi connectivity index (χ2n) is 4.24. The minimum Gasteiger partial charge on any atom is -0.478 e. The highest BCUT2D eigenvalue weighted by Crippen LogP contribution is 2.22. The molecule has 0 aliphatic carbocycles. The molecule has 3 aromatic rings. The van der Waals surface area contributed by atoms with Crippen molar-refractivity contribution in [2.75, 3.05) is 5.73 Å². The molecule has 5 nitrogen and oxygen atoms in total. The van der Waals surface area contributed by atoms with E-state index in [1.807, 2.05) is 12.1 Å². The maximum Gasteiger partial charge on any atom is 0.335 e. The Kier molecular flexibility index (Phi) is 5.18. The lowest BCUT2D eigenvalue weighted by Gasteiger charge is -1.97. The zero-order valence-corrected chi connectivity index (χ0v) is 12.4. The Hall–Kier alpha value is -2.24. The predicted octanol–water partition coefficient (Wildman–Crippen LogP) is 3.35. The number of nitrogen functional groups attached to an aromatic ring is 1. The summed E-state index contributed by atoms with van der Waals surface area (Å²) in [6.45, 7) is 0. The number of aromatic amines is 1. The van der Waals surface area contributed by atoms with Crippen LogP contribution in [-0.2, 0) is 0 Å². The van der Waals surface area contributed by atoms with Gasteiger partial charge in [-0.25, -0.2) is 9.78 Å². The van der Waals surface area contributed by atoms with Gasteiger partial charge in [-0.05, 0) is 30.3 Å². The molecular formula is C14H13Cl2N3O2. The van der Waals surface area contributed by atoms with Gasteiger partial charge in [0.15, 0.2) is 0 Å². The summed E-state index contributed by atoms with van der Waals surface area (Å²) in [4.78, 5) is 18.4. The van der Waals surface area contributed by atoms with E-state index in [2.05, 4.69) is 9.97 Å². The van der Waals surface area contributed by atoms with Gasteiger partial charge in [0.25, 0.3) is 0 Å². The Bertz CT molecular complexity index is 769. The van der Waals surface area contributed by atoms with E-state index in [1.165, 1.54) is 0 Å². The minimum atomic E-state index is -0.941. The van der Waals surface area contributed by atoms with Crippen molar-refractivity contribution >= 4 is 47.5 Å². The van der Waals surface area contributed by atoms with Crippen LogP contribution in [0.25, 0.3) is 22.4 Å². The molecule has 0 fully saturated rings. The Morgan fingerprint density at radius 3 is 2.38 bits per heavy atom. The molecule has 2 aromatic carbocycles. The van der Waals surface area contributed by atoms with Gasteiger partial charge in [-0.1, -0.05) is 12.1 Å². The van der Waals surface area contributed by atoms with Crippen molar-refractivity contribution in [2.24, 2.45) is 0 Å². The van der Waals surface area contributed by atoms with Crippen molar-refractivity contribution < 1.29 is 9.90 Å². The molecule has 21 heavy (non-hydrogen) atoms. The van der Waals surface area contributed by atoms with Crippen molar-refractivity contribution in [1.82, 2.24) is 9.97 Å². The van der Waals surface area contributed by atoms with Crippen LogP contribution in [0.2, 0.25) is 0 Å². The van der Waals surface area contributed by atoms with Gasteiger partial charge in [0.2, 0.25) is 0 Å². The van der Waals surface area contributed by atoms with E-state index in [0.717, 1.165) is 16.6 Å². The van der Waals surface area contributed by atoms with Gasteiger partial charge in [0.05, 0.1) is 16.6 Å². The Labute approximate surface area is 133 Å². The van der Waals surface area contributed by atoms with Crippen molar-refractivity contribution in [3.8, 4) is 11.4 Å². The van der Waals surface area contributed by atoms with E-state index in [0.29, 0.717) is 11.5 Å². The fourth-order valence-corrected chi connectivity index (χ4v) is 1.93. The summed E-state index contributed by atoms with van der Waals surface area (Å²) in [5.74, 6) is -0.249. The first-order chi connectivity index (χ1) is 9.13. The molecule has 0 bridgehead atoms. The van der Waals surface area contributed by atoms with E-state index < -0.39 is 5.97 Å². The number of anilines is 1. The number of carbonyl (C=O) groups is 1. The van der Waals surface area contributed by atoms with Gasteiger partial charge in [-0.15, -0.1) is 24.8 Å². The average Bonchev–Trinajstić information content (AvgIpc) is 2.81. The highest BCUT2D eigenvalue weighted by molar-refractivity contribution is 5.88. The predicted molar refractivity (Wildman–Crippen MR) is 87.4 cm³/mol. The van der Waals surface area contributed by atoms with Crippen LogP contribution < -0.4 is 5.73 Å². The van der Waals surface area contributed by atoms with Crippen molar-refractivity contribution in [2.45, 2.75) is 0 Å². The number of imidazole rings is 1. The lowest BCUT2D eigenvalue weighted by Crippen LogP contribution is -1.95. The largest absolute Gasteiger partial charge is 0.478 e. The first-order valence-electron chi connectivity index (χ1n) is 5.72. The van der Waals surface area contributed by atoms with E-state index >= 15 is 0 Å². The molecule has 0 aliphatic heterocycles. The summed E-state index contributed by atoms with van der Waals surface area (Å²) in [7, 11) is 0. The van der Waals surface area contributed by atoms with E-state index in [9.17, 15) is 4.79 Å². The van der Waals surface area contributed by atoms with Gasteiger partial charge in [-0.2, -0.15) is 0 Å². The molecule has 0 spiro atoms. The number of nitrogens with two attached hydrogens (primary N) is 1. The maximum absolute atomic E-state index is 10.8. The first-order valence-corrected chi connectivity index (χ1v) is 5.72.